The first-order valence-electron chi connectivity index (χ1n) is 12.0. The minimum Gasteiger partial charge on any atom is -0.460 e. The Balaban J connectivity index is 1.38. The first kappa shape index (κ1) is 23.5. The van der Waals surface area contributed by atoms with Crippen LogP contribution >= 0.6 is 11.6 Å². The molecule has 32 heavy (non-hydrogen) atoms. The third kappa shape index (κ3) is 4.15. The highest BCUT2D eigenvalue weighted by Crippen LogP contribution is 2.62. The van der Waals surface area contributed by atoms with Crippen LogP contribution in [0.25, 0.3) is 0 Å². The molecular formula is C23H34ClN3O5. The van der Waals surface area contributed by atoms with Crippen molar-refractivity contribution in [1.82, 2.24) is 10.3 Å². The summed E-state index contributed by atoms with van der Waals surface area (Å²) in [7, 11) is 0. The number of Topliss-reactive ketones (excluding diaryl/α,β-unsaturated/α-hetero) is 1. The molecule has 4 unspecified atom stereocenters. The third-order valence-electron chi connectivity index (χ3n) is 9.08. The van der Waals surface area contributed by atoms with E-state index in [1.165, 1.54) is 13.3 Å². The number of fused-ring (bicyclic) bond motifs is 5. The lowest BCUT2D eigenvalue weighted by molar-refractivity contribution is -0.161. The van der Waals surface area contributed by atoms with Crippen LogP contribution in [0.5, 0.6) is 0 Å². The SMILES string of the molecule is CC(NC(=O)N(CCl)N=O)C(=O)OC1CC[C@H]2[C@@H]3CCC4CC(=O)CCC4[C@H]3CC[C@]12C. The number of hydrogen-bond donors (Lipinski definition) is 1. The number of carbonyl (C=O) groups is 3. The van der Waals surface area contributed by atoms with Crippen molar-refractivity contribution in [1.29, 1.82) is 0 Å². The Bertz CT molecular complexity index is 779. The van der Waals surface area contributed by atoms with Gasteiger partial charge in [-0.15, -0.1) is 16.5 Å². The van der Waals surface area contributed by atoms with Crippen molar-refractivity contribution < 1.29 is 19.1 Å². The van der Waals surface area contributed by atoms with Crippen LogP contribution in [0.1, 0.15) is 71.6 Å². The van der Waals surface area contributed by atoms with Crippen LogP contribution in [0.3, 0.4) is 0 Å². The Morgan fingerprint density at radius 2 is 1.97 bits per heavy atom. The largest absolute Gasteiger partial charge is 0.460 e. The lowest BCUT2D eigenvalue weighted by atomic mass is 9.50. The number of nitroso groups, excluding NO2 is 1. The molecule has 0 saturated heterocycles. The van der Waals surface area contributed by atoms with Crippen molar-refractivity contribution in [2.45, 2.75) is 83.8 Å². The van der Waals surface area contributed by atoms with E-state index in [0.717, 1.165) is 51.4 Å². The number of carbonyl (C=O) groups excluding carboxylic acids is 3. The highest BCUT2D eigenvalue weighted by molar-refractivity contribution is 6.18. The fourth-order valence-corrected chi connectivity index (χ4v) is 7.63. The van der Waals surface area contributed by atoms with Crippen LogP contribution in [0.15, 0.2) is 5.29 Å². The van der Waals surface area contributed by atoms with E-state index in [4.69, 9.17) is 16.3 Å². The van der Waals surface area contributed by atoms with E-state index in [0.29, 0.717) is 40.4 Å². The van der Waals surface area contributed by atoms with Crippen LogP contribution in [0.4, 0.5) is 4.79 Å². The fraction of sp³-hybridized carbons (Fsp3) is 0.870. The molecule has 8 nitrogen and oxygen atoms in total. The second kappa shape index (κ2) is 9.27. The van der Waals surface area contributed by atoms with Gasteiger partial charge in [-0.25, -0.2) is 9.59 Å². The van der Waals surface area contributed by atoms with Crippen molar-refractivity contribution in [3.63, 3.8) is 0 Å². The summed E-state index contributed by atoms with van der Waals surface area (Å²) in [6, 6.07) is -2.11. The summed E-state index contributed by atoms with van der Waals surface area (Å²) in [5.74, 6) is 3.09. The number of hydrogen-bond acceptors (Lipinski definition) is 6. The first-order valence-corrected chi connectivity index (χ1v) is 12.5. The number of rotatable bonds is 5. The number of nitrogens with zero attached hydrogens (tertiary/aromatic N) is 2. The number of halogens is 1. The van der Waals surface area contributed by atoms with E-state index in [1.54, 1.807) is 0 Å². The molecule has 0 bridgehead atoms. The minimum atomic E-state index is -0.899. The highest BCUT2D eigenvalue weighted by atomic mass is 35.5. The predicted molar refractivity (Wildman–Crippen MR) is 118 cm³/mol. The zero-order chi connectivity index (χ0) is 23.0. The molecular weight excluding hydrogens is 434 g/mol. The zero-order valence-electron chi connectivity index (χ0n) is 18.9. The van der Waals surface area contributed by atoms with Gasteiger partial charge in [0.2, 0.25) is 0 Å². The summed E-state index contributed by atoms with van der Waals surface area (Å²) in [6.07, 6.45) is 8.82. The van der Waals surface area contributed by atoms with E-state index in [9.17, 15) is 19.3 Å². The van der Waals surface area contributed by atoms with Crippen LogP contribution < -0.4 is 5.32 Å². The standard InChI is InChI=1S/C23H34ClN3O5/c1-13(25-22(30)27(12-24)26-31)21(29)32-20-8-7-19-18-5-3-14-11-15(28)4-6-16(14)17(18)9-10-23(19,20)2/h13-14,16-20H,3-12H2,1-2H3,(H,25,30)/t13?,14?,16?,17-,18-,19+,20?,23+/m1/s1. The topological polar surface area (TPSA) is 105 Å². The van der Waals surface area contributed by atoms with Crippen molar-refractivity contribution in [2.24, 2.45) is 40.3 Å². The summed E-state index contributed by atoms with van der Waals surface area (Å²) in [6.45, 7) is 3.80. The van der Waals surface area contributed by atoms with E-state index < -0.39 is 24.0 Å². The van der Waals surface area contributed by atoms with Crippen LogP contribution in [0, 0.1) is 39.9 Å². The fourth-order valence-electron chi connectivity index (χ4n) is 7.48. The minimum absolute atomic E-state index is 0.0512. The van der Waals surface area contributed by atoms with E-state index >= 15 is 0 Å². The van der Waals surface area contributed by atoms with Crippen molar-refractivity contribution in [2.75, 3.05) is 6.00 Å². The molecule has 4 fully saturated rings. The predicted octanol–water partition coefficient (Wildman–Crippen LogP) is 4.40. The molecule has 2 amide bonds. The first-order chi connectivity index (χ1) is 15.3. The van der Waals surface area contributed by atoms with E-state index in [1.807, 2.05) is 0 Å². The van der Waals surface area contributed by atoms with Gasteiger partial charge in [0, 0.05) is 18.3 Å². The highest BCUT2D eigenvalue weighted by Gasteiger charge is 2.58. The number of alkyl halides is 1. The average Bonchev–Trinajstić information content (AvgIpc) is 3.10. The molecule has 8 atom stereocenters. The molecule has 9 heteroatoms. The Labute approximate surface area is 194 Å². The maximum absolute atomic E-state index is 12.7. The number of ketones is 1. The van der Waals surface area contributed by atoms with Gasteiger partial charge in [-0.05, 0) is 81.5 Å². The molecule has 0 aromatic carbocycles. The van der Waals surface area contributed by atoms with Gasteiger partial charge in [0.05, 0.1) is 5.29 Å². The summed E-state index contributed by atoms with van der Waals surface area (Å²) in [4.78, 5) is 47.2. The smallest absolute Gasteiger partial charge is 0.342 e. The Morgan fingerprint density at radius 3 is 2.69 bits per heavy atom. The molecule has 4 aliphatic carbocycles. The van der Waals surface area contributed by atoms with E-state index in [-0.39, 0.29) is 11.5 Å². The molecule has 0 spiro atoms. The zero-order valence-corrected chi connectivity index (χ0v) is 19.7. The molecule has 1 N–H and O–H groups in total. The van der Waals surface area contributed by atoms with Gasteiger partial charge in [0.25, 0.3) is 0 Å². The summed E-state index contributed by atoms with van der Waals surface area (Å²) in [5, 5.41) is 5.46. The molecule has 0 radical (unpaired) electrons. The van der Waals surface area contributed by atoms with Gasteiger partial charge in [0.15, 0.2) is 0 Å². The maximum atomic E-state index is 12.7. The van der Waals surface area contributed by atoms with Gasteiger partial charge in [-0.2, -0.15) is 5.01 Å². The van der Waals surface area contributed by atoms with Crippen molar-refractivity contribution in [3.05, 3.63) is 4.91 Å². The van der Waals surface area contributed by atoms with Gasteiger partial charge in [-0.3, -0.25) is 4.79 Å². The molecule has 0 aliphatic heterocycles. The average molecular weight is 468 g/mol. The lowest BCUT2D eigenvalue weighted by Gasteiger charge is -2.55. The molecule has 0 aromatic rings. The Morgan fingerprint density at radius 1 is 1.19 bits per heavy atom. The van der Waals surface area contributed by atoms with Crippen LogP contribution in [-0.4, -0.2) is 40.9 Å². The van der Waals surface area contributed by atoms with Crippen molar-refractivity contribution in [3.8, 4) is 0 Å². The second-order valence-corrected chi connectivity index (χ2v) is 10.8. The van der Waals surface area contributed by atoms with Gasteiger partial charge in [0.1, 0.15) is 23.9 Å². The monoisotopic (exact) mass is 467 g/mol. The summed E-state index contributed by atoms with van der Waals surface area (Å²) < 4.78 is 5.94. The number of urea groups is 1. The normalized spacial score (nSPS) is 39.2. The van der Waals surface area contributed by atoms with Crippen LogP contribution in [-0.2, 0) is 14.3 Å². The number of nitrogens with one attached hydrogen (secondary N) is 1. The second-order valence-electron chi connectivity index (χ2n) is 10.5. The maximum Gasteiger partial charge on any atom is 0.342 e. The lowest BCUT2D eigenvalue weighted by Crippen LogP contribution is -2.51. The molecule has 0 aromatic heterocycles. The molecule has 4 aliphatic rings. The van der Waals surface area contributed by atoms with Gasteiger partial charge in [-0.1, -0.05) is 6.92 Å². The number of esters is 1. The quantitative estimate of drug-likeness (QED) is 0.212. The summed E-state index contributed by atoms with van der Waals surface area (Å²) >= 11 is 5.50. The van der Waals surface area contributed by atoms with Gasteiger partial charge < -0.3 is 10.1 Å². The molecule has 0 heterocycles. The Hall–Kier alpha value is -1.70. The Kier molecular flexibility index (Phi) is 6.80. The van der Waals surface area contributed by atoms with Gasteiger partial charge >= 0.3 is 12.0 Å². The summed E-state index contributed by atoms with van der Waals surface area (Å²) in [5.41, 5.74) is -0.0512. The third-order valence-corrected chi connectivity index (χ3v) is 9.30. The molecule has 4 saturated carbocycles. The van der Waals surface area contributed by atoms with Crippen molar-refractivity contribution >= 4 is 29.4 Å². The molecule has 4 rings (SSSR count). The van der Waals surface area contributed by atoms with E-state index in [2.05, 4.69) is 17.5 Å². The van der Waals surface area contributed by atoms with Crippen LogP contribution in [0.2, 0.25) is 0 Å². The number of ether oxygens (including phenoxy) is 1. The molecule has 178 valence electrons. The number of amides is 2.